The van der Waals surface area contributed by atoms with E-state index in [0.717, 1.165) is 25.7 Å². The second-order valence-electron chi connectivity index (χ2n) is 3.42. The number of nitrogens with zero attached hydrogens (tertiary/aromatic N) is 2. The van der Waals surface area contributed by atoms with Crippen molar-refractivity contribution in [3.63, 3.8) is 0 Å². The number of unbranched alkanes of at least 4 members (excludes halogenated alkanes) is 3. The van der Waals surface area contributed by atoms with Crippen LogP contribution in [0.3, 0.4) is 0 Å². The molecule has 0 amide bonds. The van der Waals surface area contributed by atoms with Crippen LogP contribution in [0.15, 0.2) is 12.4 Å². The van der Waals surface area contributed by atoms with Crippen molar-refractivity contribution in [3.8, 4) is 5.88 Å². The van der Waals surface area contributed by atoms with E-state index in [9.17, 15) is 4.79 Å². The van der Waals surface area contributed by atoms with Crippen molar-refractivity contribution in [2.24, 2.45) is 0 Å². The maximum atomic E-state index is 10.8. The first-order valence-electron chi connectivity index (χ1n) is 5.42. The molecule has 0 aliphatic heterocycles. The van der Waals surface area contributed by atoms with Gasteiger partial charge in [-0.05, 0) is 6.42 Å². The Morgan fingerprint density at radius 1 is 1.31 bits per heavy atom. The molecule has 1 heterocycles. The molecule has 1 aromatic heterocycles. The normalized spacial score (nSPS) is 10.1. The highest BCUT2D eigenvalue weighted by molar-refractivity contribution is 5.87. The number of aromatic nitrogens is 2. The lowest BCUT2D eigenvalue weighted by Crippen LogP contribution is -2.08. The van der Waals surface area contributed by atoms with Gasteiger partial charge in [0.25, 0.3) is 0 Å². The molecule has 0 aromatic carbocycles. The van der Waals surface area contributed by atoms with Crippen LogP contribution < -0.4 is 4.74 Å². The molecule has 0 radical (unpaired) electrons. The predicted molar refractivity (Wildman–Crippen MR) is 58.6 cm³/mol. The van der Waals surface area contributed by atoms with Crippen molar-refractivity contribution in [2.75, 3.05) is 6.61 Å². The van der Waals surface area contributed by atoms with Crippen molar-refractivity contribution >= 4 is 5.97 Å². The zero-order valence-corrected chi connectivity index (χ0v) is 9.35. The molecule has 16 heavy (non-hydrogen) atoms. The van der Waals surface area contributed by atoms with E-state index in [-0.39, 0.29) is 11.6 Å². The highest BCUT2D eigenvalue weighted by Gasteiger charge is 2.13. The number of carboxylic acids is 1. The summed E-state index contributed by atoms with van der Waals surface area (Å²) in [5.41, 5.74) is -0.127. The van der Waals surface area contributed by atoms with Crippen LogP contribution in [-0.2, 0) is 0 Å². The molecule has 5 heteroatoms. The van der Waals surface area contributed by atoms with Crippen LogP contribution in [-0.4, -0.2) is 27.7 Å². The Bertz CT molecular complexity index is 342. The molecule has 5 nitrogen and oxygen atoms in total. The standard InChI is InChI=1S/C11H16N2O3/c1-2-3-4-5-8-16-10-9(11(14)15)12-6-7-13-10/h6-7H,2-5,8H2,1H3,(H,14,15). The zero-order valence-electron chi connectivity index (χ0n) is 9.35. The van der Waals surface area contributed by atoms with Gasteiger partial charge in [0.2, 0.25) is 11.6 Å². The topological polar surface area (TPSA) is 72.3 Å². The summed E-state index contributed by atoms with van der Waals surface area (Å²) >= 11 is 0. The Morgan fingerprint density at radius 3 is 2.75 bits per heavy atom. The molecule has 1 aromatic rings. The number of rotatable bonds is 7. The first-order chi connectivity index (χ1) is 7.75. The molecule has 1 rings (SSSR count). The lowest BCUT2D eigenvalue weighted by atomic mass is 10.2. The van der Waals surface area contributed by atoms with Crippen molar-refractivity contribution in [2.45, 2.75) is 32.6 Å². The van der Waals surface area contributed by atoms with Crippen LogP contribution in [0.4, 0.5) is 0 Å². The van der Waals surface area contributed by atoms with E-state index < -0.39 is 5.97 Å². The van der Waals surface area contributed by atoms with E-state index in [0.29, 0.717) is 6.61 Å². The van der Waals surface area contributed by atoms with Gasteiger partial charge in [0.05, 0.1) is 6.61 Å². The molecule has 1 N–H and O–H groups in total. The Balaban J connectivity index is 2.44. The average molecular weight is 224 g/mol. The second kappa shape index (κ2) is 6.76. The van der Waals surface area contributed by atoms with E-state index in [1.54, 1.807) is 0 Å². The van der Waals surface area contributed by atoms with Gasteiger partial charge in [0.15, 0.2) is 0 Å². The Kier molecular flexibility index (Phi) is 5.25. The third-order valence-electron chi connectivity index (χ3n) is 2.10. The fraction of sp³-hybridized carbons (Fsp3) is 0.545. The van der Waals surface area contributed by atoms with Gasteiger partial charge in [-0.25, -0.2) is 14.8 Å². The van der Waals surface area contributed by atoms with Crippen LogP contribution in [0.5, 0.6) is 5.88 Å². The van der Waals surface area contributed by atoms with E-state index >= 15 is 0 Å². The zero-order chi connectivity index (χ0) is 11.8. The summed E-state index contributed by atoms with van der Waals surface area (Å²) in [6.07, 6.45) is 7.07. The van der Waals surface area contributed by atoms with Gasteiger partial charge in [-0.1, -0.05) is 26.2 Å². The molecule has 0 aliphatic carbocycles. The highest BCUT2D eigenvalue weighted by atomic mass is 16.5. The fourth-order valence-corrected chi connectivity index (χ4v) is 1.28. The smallest absolute Gasteiger partial charge is 0.360 e. The molecular formula is C11H16N2O3. The SMILES string of the molecule is CCCCCCOc1nccnc1C(=O)O. The summed E-state index contributed by atoms with van der Waals surface area (Å²) in [7, 11) is 0. The van der Waals surface area contributed by atoms with Gasteiger partial charge >= 0.3 is 5.97 Å². The molecule has 88 valence electrons. The number of ether oxygens (including phenoxy) is 1. The molecule has 0 unspecified atom stereocenters. The second-order valence-corrected chi connectivity index (χ2v) is 3.42. The molecule has 0 spiro atoms. The molecular weight excluding hydrogens is 208 g/mol. The van der Waals surface area contributed by atoms with Gasteiger partial charge in [-0.3, -0.25) is 0 Å². The van der Waals surface area contributed by atoms with Crippen LogP contribution >= 0.6 is 0 Å². The van der Waals surface area contributed by atoms with Crippen molar-refractivity contribution in [3.05, 3.63) is 18.1 Å². The minimum atomic E-state index is -1.11. The summed E-state index contributed by atoms with van der Waals surface area (Å²) in [5, 5.41) is 8.82. The number of carboxylic acid groups (broad SMARTS) is 1. The monoisotopic (exact) mass is 224 g/mol. The van der Waals surface area contributed by atoms with Crippen LogP contribution in [0.2, 0.25) is 0 Å². The maximum Gasteiger partial charge on any atom is 0.360 e. The Hall–Kier alpha value is -1.65. The molecule has 0 saturated heterocycles. The van der Waals surface area contributed by atoms with E-state index in [1.165, 1.54) is 12.4 Å². The summed E-state index contributed by atoms with van der Waals surface area (Å²) in [6, 6.07) is 0. The molecule has 0 saturated carbocycles. The van der Waals surface area contributed by atoms with Gasteiger partial charge in [-0.15, -0.1) is 0 Å². The summed E-state index contributed by atoms with van der Waals surface area (Å²) < 4.78 is 5.29. The minimum Gasteiger partial charge on any atom is -0.476 e. The molecule has 0 atom stereocenters. The number of hydrogen-bond donors (Lipinski definition) is 1. The summed E-state index contributed by atoms with van der Waals surface area (Å²) in [5.74, 6) is -1.01. The van der Waals surface area contributed by atoms with Gasteiger partial charge in [0.1, 0.15) is 0 Å². The predicted octanol–water partition coefficient (Wildman–Crippen LogP) is 2.13. The maximum absolute atomic E-state index is 10.8. The van der Waals surface area contributed by atoms with E-state index in [4.69, 9.17) is 9.84 Å². The lowest BCUT2D eigenvalue weighted by Gasteiger charge is -2.06. The van der Waals surface area contributed by atoms with Gasteiger partial charge in [-0.2, -0.15) is 0 Å². The van der Waals surface area contributed by atoms with E-state index in [1.807, 2.05) is 0 Å². The fourth-order valence-electron chi connectivity index (χ4n) is 1.28. The Labute approximate surface area is 94.5 Å². The number of aromatic carboxylic acids is 1. The first-order valence-corrected chi connectivity index (χ1v) is 5.42. The van der Waals surface area contributed by atoms with Crippen molar-refractivity contribution in [1.82, 2.24) is 9.97 Å². The van der Waals surface area contributed by atoms with Crippen molar-refractivity contribution < 1.29 is 14.6 Å². The van der Waals surface area contributed by atoms with Gasteiger partial charge in [0, 0.05) is 12.4 Å². The first kappa shape index (κ1) is 12.4. The quantitative estimate of drug-likeness (QED) is 0.718. The average Bonchev–Trinajstić information content (AvgIpc) is 2.29. The molecule has 0 bridgehead atoms. The molecule has 0 aliphatic rings. The highest BCUT2D eigenvalue weighted by Crippen LogP contribution is 2.11. The molecule has 0 fully saturated rings. The Morgan fingerprint density at radius 2 is 2.06 bits per heavy atom. The van der Waals surface area contributed by atoms with E-state index in [2.05, 4.69) is 16.9 Å². The number of hydrogen-bond acceptors (Lipinski definition) is 4. The largest absolute Gasteiger partial charge is 0.476 e. The van der Waals surface area contributed by atoms with Crippen LogP contribution in [0.1, 0.15) is 43.1 Å². The summed E-state index contributed by atoms with van der Waals surface area (Å²) in [6.45, 7) is 2.62. The number of carbonyl (C=O) groups is 1. The summed E-state index contributed by atoms with van der Waals surface area (Å²) in [4.78, 5) is 18.3. The van der Waals surface area contributed by atoms with Crippen molar-refractivity contribution in [1.29, 1.82) is 0 Å². The van der Waals surface area contributed by atoms with Crippen LogP contribution in [0, 0.1) is 0 Å². The third kappa shape index (κ3) is 3.84. The van der Waals surface area contributed by atoms with Crippen LogP contribution in [0.25, 0.3) is 0 Å². The third-order valence-corrected chi connectivity index (χ3v) is 2.10. The minimum absolute atomic E-state index is 0.103. The van der Waals surface area contributed by atoms with Gasteiger partial charge < -0.3 is 9.84 Å². The lowest BCUT2D eigenvalue weighted by molar-refractivity contribution is 0.0684.